The Morgan fingerprint density at radius 1 is 1.47 bits per heavy atom. The summed E-state index contributed by atoms with van der Waals surface area (Å²) in [6.45, 7) is 0. The molecule has 1 aromatic heterocycles. The highest BCUT2D eigenvalue weighted by Crippen LogP contribution is 2.26. The number of thiophene rings is 1. The van der Waals surface area contributed by atoms with Crippen molar-refractivity contribution in [2.45, 2.75) is 0 Å². The van der Waals surface area contributed by atoms with Crippen LogP contribution in [0, 0.1) is 8.70 Å². The second-order valence-electron chi connectivity index (χ2n) is 3.19. The molecule has 0 atom stereocenters. The zero-order valence-electron chi connectivity index (χ0n) is 8.34. The molecule has 2 nitrogen and oxygen atoms in total. The Balaban J connectivity index is 2.24. The van der Waals surface area contributed by atoms with Gasteiger partial charge in [-0.05, 0) is 40.8 Å². The third kappa shape index (κ3) is 2.97. The molecule has 0 unspecified atom stereocenters. The molecule has 17 heavy (non-hydrogen) atoms. The zero-order chi connectivity index (χ0) is 12.4. The van der Waals surface area contributed by atoms with Crippen molar-refractivity contribution in [1.82, 2.24) is 0 Å². The molecule has 1 aromatic carbocycles. The van der Waals surface area contributed by atoms with Gasteiger partial charge >= 0.3 is 0 Å². The van der Waals surface area contributed by atoms with Crippen molar-refractivity contribution < 1.29 is 9.18 Å². The first kappa shape index (κ1) is 12.8. The van der Waals surface area contributed by atoms with Crippen molar-refractivity contribution in [2.24, 2.45) is 0 Å². The number of carbonyl (C=O) groups is 1. The molecule has 1 heterocycles. The van der Waals surface area contributed by atoms with Crippen LogP contribution in [-0.4, -0.2) is 5.91 Å². The van der Waals surface area contributed by atoms with E-state index in [1.54, 1.807) is 11.4 Å². The van der Waals surface area contributed by atoms with Crippen LogP contribution >= 0.6 is 45.5 Å². The monoisotopic (exact) mass is 381 g/mol. The number of carbonyl (C=O) groups excluding carboxylic acids is 1. The summed E-state index contributed by atoms with van der Waals surface area (Å²) in [6, 6.07) is 5.99. The maximum atomic E-state index is 13.4. The number of hydrogen-bond donors (Lipinski definition) is 1. The van der Waals surface area contributed by atoms with Crippen LogP contribution in [0.15, 0.2) is 29.6 Å². The van der Waals surface area contributed by atoms with Crippen LogP contribution in [0.2, 0.25) is 5.02 Å². The first-order valence-electron chi connectivity index (χ1n) is 4.57. The lowest BCUT2D eigenvalue weighted by Gasteiger charge is -2.06. The molecule has 0 saturated heterocycles. The average Bonchev–Trinajstić information content (AvgIpc) is 2.70. The molecule has 0 aliphatic carbocycles. The molecule has 1 amide bonds. The molecule has 88 valence electrons. The number of hydrogen-bond acceptors (Lipinski definition) is 2. The maximum Gasteiger partial charge on any atom is 0.256 e. The molecular formula is C11H6ClFINOS. The lowest BCUT2D eigenvalue weighted by Crippen LogP contribution is -2.12. The van der Waals surface area contributed by atoms with Gasteiger partial charge in [0.25, 0.3) is 5.91 Å². The van der Waals surface area contributed by atoms with Crippen molar-refractivity contribution in [1.29, 1.82) is 0 Å². The maximum absolute atomic E-state index is 13.4. The van der Waals surface area contributed by atoms with Gasteiger partial charge in [0.15, 0.2) is 0 Å². The number of rotatable bonds is 2. The molecule has 0 aliphatic rings. The topological polar surface area (TPSA) is 29.1 Å². The second-order valence-corrected chi connectivity index (χ2v) is 6.40. The predicted octanol–water partition coefficient (Wildman–Crippen LogP) is 4.40. The van der Waals surface area contributed by atoms with Gasteiger partial charge < -0.3 is 5.32 Å². The molecule has 1 N–H and O–H groups in total. The summed E-state index contributed by atoms with van der Waals surface area (Å²) >= 11 is 9.38. The number of para-hydroxylation sites is 1. The van der Waals surface area contributed by atoms with E-state index in [9.17, 15) is 9.18 Å². The molecule has 6 heteroatoms. The Bertz CT molecular complexity index is 552. The number of benzene rings is 1. The van der Waals surface area contributed by atoms with Crippen LogP contribution in [-0.2, 0) is 0 Å². The minimum Gasteiger partial charge on any atom is -0.318 e. The number of nitrogens with one attached hydrogen (secondary N) is 1. The van der Waals surface area contributed by atoms with E-state index in [0.717, 1.165) is 2.88 Å². The van der Waals surface area contributed by atoms with Gasteiger partial charge in [-0.25, -0.2) is 4.39 Å². The molecule has 0 saturated carbocycles. The molecule has 0 spiro atoms. The molecule has 0 aliphatic heterocycles. The Morgan fingerprint density at radius 3 is 2.82 bits per heavy atom. The normalized spacial score (nSPS) is 10.3. The molecule has 2 aromatic rings. The van der Waals surface area contributed by atoms with E-state index in [1.807, 2.05) is 0 Å². The lowest BCUT2D eigenvalue weighted by molar-refractivity contribution is 0.102. The molecule has 2 rings (SSSR count). The number of halogens is 3. The number of amides is 1. The van der Waals surface area contributed by atoms with Gasteiger partial charge in [0.05, 0.1) is 19.2 Å². The van der Waals surface area contributed by atoms with E-state index in [-0.39, 0.29) is 16.6 Å². The minimum atomic E-state index is -0.546. The third-order valence-electron chi connectivity index (χ3n) is 2.03. The SMILES string of the molecule is O=C(Nc1c(F)cccc1Cl)c1csc(I)c1. The molecule has 0 bridgehead atoms. The van der Waals surface area contributed by atoms with Gasteiger partial charge in [0, 0.05) is 5.38 Å². The number of anilines is 1. The summed E-state index contributed by atoms with van der Waals surface area (Å²) < 4.78 is 14.4. The van der Waals surface area contributed by atoms with E-state index in [4.69, 9.17) is 11.6 Å². The van der Waals surface area contributed by atoms with Crippen LogP contribution in [0.4, 0.5) is 10.1 Å². The van der Waals surface area contributed by atoms with E-state index in [1.165, 1.54) is 29.5 Å². The smallest absolute Gasteiger partial charge is 0.256 e. The summed E-state index contributed by atoms with van der Waals surface area (Å²) in [6.07, 6.45) is 0. The summed E-state index contributed by atoms with van der Waals surface area (Å²) in [5, 5.41) is 4.36. The van der Waals surface area contributed by atoms with E-state index in [0.29, 0.717) is 5.56 Å². The van der Waals surface area contributed by atoms with Gasteiger partial charge in [-0.3, -0.25) is 4.79 Å². The van der Waals surface area contributed by atoms with E-state index < -0.39 is 5.82 Å². The minimum absolute atomic E-state index is 0.0142. The largest absolute Gasteiger partial charge is 0.318 e. The second kappa shape index (κ2) is 5.32. The van der Waals surface area contributed by atoms with Crippen molar-refractivity contribution in [3.63, 3.8) is 0 Å². The lowest BCUT2D eigenvalue weighted by atomic mass is 10.2. The summed E-state index contributed by atoms with van der Waals surface area (Å²) in [7, 11) is 0. The van der Waals surface area contributed by atoms with E-state index >= 15 is 0 Å². The zero-order valence-corrected chi connectivity index (χ0v) is 12.1. The molecule has 0 radical (unpaired) electrons. The first-order chi connectivity index (χ1) is 8.08. The van der Waals surface area contributed by atoms with Crippen molar-refractivity contribution in [2.75, 3.05) is 5.32 Å². The fourth-order valence-electron chi connectivity index (χ4n) is 1.23. The highest BCUT2D eigenvalue weighted by molar-refractivity contribution is 14.1. The Morgan fingerprint density at radius 2 is 2.24 bits per heavy atom. The van der Waals surface area contributed by atoms with Crippen LogP contribution in [0.3, 0.4) is 0 Å². The fourth-order valence-corrected chi connectivity index (χ4v) is 2.77. The summed E-state index contributed by atoms with van der Waals surface area (Å²) in [4.78, 5) is 11.8. The van der Waals surface area contributed by atoms with Crippen molar-refractivity contribution >= 4 is 57.1 Å². The van der Waals surface area contributed by atoms with Crippen LogP contribution in [0.5, 0.6) is 0 Å². The molecule has 0 fully saturated rings. The molecular weight excluding hydrogens is 376 g/mol. The van der Waals surface area contributed by atoms with E-state index in [2.05, 4.69) is 27.9 Å². The van der Waals surface area contributed by atoms with Crippen molar-refractivity contribution in [3.8, 4) is 0 Å². The Hall–Kier alpha value is -0.660. The average molecular weight is 382 g/mol. The van der Waals surface area contributed by atoms with Gasteiger partial charge in [0.1, 0.15) is 5.82 Å². The quantitative estimate of drug-likeness (QED) is 0.768. The van der Waals surface area contributed by atoms with Gasteiger partial charge in [0.2, 0.25) is 0 Å². The van der Waals surface area contributed by atoms with Gasteiger partial charge in [-0.2, -0.15) is 0 Å². The van der Waals surface area contributed by atoms with Crippen molar-refractivity contribution in [3.05, 3.63) is 48.9 Å². The van der Waals surface area contributed by atoms with Crippen LogP contribution in [0.1, 0.15) is 10.4 Å². The van der Waals surface area contributed by atoms with Crippen LogP contribution in [0.25, 0.3) is 0 Å². The van der Waals surface area contributed by atoms with Gasteiger partial charge in [-0.1, -0.05) is 17.7 Å². The predicted molar refractivity (Wildman–Crippen MR) is 76.4 cm³/mol. The van der Waals surface area contributed by atoms with Crippen LogP contribution < -0.4 is 5.32 Å². The highest BCUT2D eigenvalue weighted by Gasteiger charge is 2.13. The van der Waals surface area contributed by atoms with Gasteiger partial charge in [-0.15, -0.1) is 11.3 Å². The summed E-state index contributed by atoms with van der Waals surface area (Å²) in [5.41, 5.74) is 0.513. The summed E-state index contributed by atoms with van der Waals surface area (Å²) in [5.74, 6) is -0.910. The standard InChI is InChI=1S/C11H6ClFINOS/c12-7-2-1-3-8(13)10(7)15-11(16)6-4-9(14)17-5-6/h1-5H,(H,15,16). The highest BCUT2D eigenvalue weighted by atomic mass is 127. The third-order valence-corrected chi connectivity index (χ3v) is 4.13. The first-order valence-corrected chi connectivity index (χ1v) is 6.91. The Labute approximate surface area is 120 Å². The Kier molecular flexibility index (Phi) is 4.01. The fraction of sp³-hybridized carbons (Fsp3) is 0.